The third kappa shape index (κ3) is 3.75. The summed E-state index contributed by atoms with van der Waals surface area (Å²) in [5.74, 6) is 0.0141. The summed E-state index contributed by atoms with van der Waals surface area (Å²) in [5, 5.41) is 3.47. The maximum absolute atomic E-state index is 12.7. The van der Waals surface area contributed by atoms with Crippen molar-refractivity contribution in [3.63, 3.8) is 0 Å². The van der Waals surface area contributed by atoms with Gasteiger partial charge in [-0.15, -0.1) is 11.8 Å². The third-order valence-electron chi connectivity index (χ3n) is 3.70. The highest BCUT2D eigenvalue weighted by atomic mass is 32.2. The van der Waals surface area contributed by atoms with E-state index in [1.807, 2.05) is 24.3 Å². The van der Waals surface area contributed by atoms with Crippen molar-refractivity contribution in [1.82, 2.24) is 0 Å². The molecule has 0 aliphatic carbocycles. The van der Waals surface area contributed by atoms with Crippen molar-refractivity contribution in [3.05, 3.63) is 59.9 Å². The highest BCUT2D eigenvalue weighted by Gasteiger charge is 2.23. The van der Waals surface area contributed by atoms with Crippen LogP contribution in [0.4, 0.5) is 5.69 Å². The van der Waals surface area contributed by atoms with Gasteiger partial charge in [0.15, 0.2) is 0 Å². The molecule has 0 spiro atoms. The number of thioether (sulfide) groups is 1. The van der Waals surface area contributed by atoms with Gasteiger partial charge in [0.25, 0.3) is 5.91 Å². The summed E-state index contributed by atoms with van der Waals surface area (Å²) in [6.45, 7) is 4.00. The second kappa shape index (κ2) is 8.10. The topological polar surface area (TPSA) is 68.5 Å². The molecule has 0 saturated carbocycles. The van der Waals surface area contributed by atoms with Gasteiger partial charge in [0, 0.05) is 15.8 Å². The summed E-state index contributed by atoms with van der Waals surface area (Å²) >= 11 is 1.66. The van der Waals surface area contributed by atoms with Crippen LogP contribution in [-0.4, -0.2) is 24.2 Å². The molecular weight excluding hydrogens is 350 g/mol. The van der Waals surface area contributed by atoms with E-state index >= 15 is 0 Å². The van der Waals surface area contributed by atoms with Crippen LogP contribution in [-0.2, 0) is 4.74 Å². The minimum atomic E-state index is -0.603. The van der Waals surface area contributed by atoms with E-state index in [1.54, 1.807) is 43.0 Å². The van der Waals surface area contributed by atoms with Gasteiger partial charge in [-0.3, -0.25) is 4.79 Å². The van der Waals surface area contributed by atoms with Gasteiger partial charge in [0.05, 0.1) is 6.61 Å². The van der Waals surface area contributed by atoms with Crippen molar-refractivity contribution in [3.8, 4) is 0 Å². The van der Waals surface area contributed by atoms with Gasteiger partial charge in [0.1, 0.15) is 11.3 Å². The van der Waals surface area contributed by atoms with Gasteiger partial charge >= 0.3 is 5.97 Å². The second-order valence-electron chi connectivity index (χ2n) is 5.44. The lowest BCUT2D eigenvalue weighted by Gasteiger charge is -2.07. The number of rotatable bonds is 6. The standard InChI is InChI=1S/C20H19NO4S/c1-3-24-20(23)18-17(15-10-5-6-11-16(15)25-18)21-19(22)13-8-7-9-14(12-13)26-4-2/h5-12H,3-4H2,1-2H3,(H,21,22). The Balaban J connectivity index is 1.97. The predicted octanol–water partition coefficient (Wildman–Crippen LogP) is 4.97. The molecular formula is C20H19NO4S. The molecule has 1 amide bonds. The van der Waals surface area contributed by atoms with Gasteiger partial charge in [-0.2, -0.15) is 0 Å². The summed E-state index contributed by atoms with van der Waals surface area (Å²) in [7, 11) is 0. The van der Waals surface area contributed by atoms with Crippen LogP contribution in [0.2, 0.25) is 0 Å². The molecule has 134 valence electrons. The van der Waals surface area contributed by atoms with Crippen molar-refractivity contribution in [2.45, 2.75) is 18.7 Å². The number of ether oxygens (including phenoxy) is 1. The fourth-order valence-electron chi connectivity index (χ4n) is 2.59. The molecule has 6 heteroatoms. The van der Waals surface area contributed by atoms with Gasteiger partial charge in [-0.1, -0.05) is 25.1 Å². The number of esters is 1. The zero-order valence-electron chi connectivity index (χ0n) is 14.6. The van der Waals surface area contributed by atoms with E-state index in [-0.39, 0.29) is 18.3 Å². The average Bonchev–Trinajstić information content (AvgIpc) is 3.01. The molecule has 1 heterocycles. The van der Waals surface area contributed by atoms with Crippen LogP contribution in [0.15, 0.2) is 57.8 Å². The molecule has 5 nitrogen and oxygen atoms in total. The summed E-state index contributed by atoms with van der Waals surface area (Å²) in [6, 6.07) is 14.5. The Kier molecular flexibility index (Phi) is 5.63. The molecule has 0 unspecified atom stereocenters. The highest BCUT2D eigenvalue weighted by Crippen LogP contribution is 2.32. The van der Waals surface area contributed by atoms with Crippen molar-refractivity contribution < 1.29 is 18.7 Å². The molecule has 3 rings (SSSR count). The Hall–Kier alpha value is -2.73. The number of benzene rings is 2. The number of fused-ring (bicyclic) bond motifs is 1. The van der Waals surface area contributed by atoms with Crippen LogP contribution in [0.25, 0.3) is 11.0 Å². The lowest BCUT2D eigenvalue weighted by molar-refractivity contribution is 0.0494. The summed E-state index contributed by atoms with van der Waals surface area (Å²) in [4.78, 5) is 26.0. The SMILES string of the molecule is CCOC(=O)c1oc2ccccc2c1NC(=O)c1cccc(SCC)c1. The Morgan fingerprint density at radius 2 is 1.92 bits per heavy atom. The quantitative estimate of drug-likeness (QED) is 0.490. The van der Waals surface area contributed by atoms with Crippen LogP contribution in [0.3, 0.4) is 0 Å². The van der Waals surface area contributed by atoms with E-state index in [0.717, 1.165) is 10.6 Å². The van der Waals surface area contributed by atoms with Gasteiger partial charge in [-0.25, -0.2) is 4.79 Å². The maximum atomic E-state index is 12.7. The molecule has 0 saturated heterocycles. The van der Waals surface area contributed by atoms with Crippen LogP contribution in [0, 0.1) is 0 Å². The summed E-state index contributed by atoms with van der Waals surface area (Å²) in [5.41, 5.74) is 1.36. The summed E-state index contributed by atoms with van der Waals surface area (Å²) in [6.07, 6.45) is 0. The number of para-hydroxylation sites is 1. The minimum absolute atomic E-state index is 0.000452. The average molecular weight is 369 g/mol. The number of carbonyl (C=O) groups excluding carboxylic acids is 2. The molecule has 3 aromatic rings. The first kappa shape index (κ1) is 18.1. The van der Waals surface area contributed by atoms with E-state index in [4.69, 9.17) is 9.15 Å². The Bertz CT molecular complexity index is 948. The number of amides is 1. The first-order valence-electron chi connectivity index (χ1n) is 8.37. The number of hydrogen-bond acceptors (Lipinski definition) is 5. The molecule has 1 aromatic heterocycles. The first-order chi connectivity index (χ1) is 12.6. The maximum Gasteiger partial charge on any atom is 0.376 e. The number of furan rings is 1. The third-order valence-corrected chi connectivity index (χ3v) is 4.58. The lowest BCUT2D eigenvalue weighted by Crippen LogP contribution is -2.15. The van der Waals surface area contributed by atoms with Crippen LogP contribution in [0.1, 0.15) is 34.8 Å². The van der Waals surface area contributed by atoms with Gasteiger partial charge in [-0.05, 0) is 43.0 Å². The van der Waals surface area contributed by atoms with Crippen molar-refractivity contribution in [1.29, 1.82) is 0 Å². The highest BCUT2D eigenvalue weighted by molar-refractivity contribution is 7.99. The van der Waals surface area contributed by atoms with Crippen molar-refractivity contribution in [2.75, 3.05) is 17.7 Å². The fourth-order valence-corrected chi connectivity index (χ4v) is 3.31. The number of hydrogen-bond donors (Lipinski definition) is 1. The number of nitrogens with one attached hydrogen (secondary N) is 1. The van der Waals surface area contributed by atoms with Crippen LogP contribution < -0.4 is 5.32 Å². The first-order valence-corrected chi connectivity index (χ1v) is 9.35. The van der Waals surface area contributed by atoms with Gasteiger partial charge in [0.2, 0.25) is 5.76 Å². The molecule has 2 aromatic carbocycles. The van der Waals surface area contributed by atoms with E-state index in [9.17, 15) is 9.59 Å². The number of carbonyl (C=O) groups is 2. The van der Waals surface area contributed by atoms with Gasteiger partial charge < -0.3 is 14.5 Å². The molecule has 0 radical (unpaired) electrons. The van der Waals surface area contributed by atoms with E-state index in [0.29, 0.717) is 22.2 Å². The van der Waals surface area contributed by atoms with E-state index in [2.05, 4.69) is 12.2 Å². The fraction of sp³-hybridized carbons (Fsp3) is 0.200. The van der Waals surface area contributed by atoms with Crippen LogP contribution >= 0.6 is 11.8 Å². The largest absolute Gasteiger partial charge is 0.460 e. The lowest BCUT2D eigenvalue weighted by atomic mass is 10.2. The number of anilines is 1. The predicted molar refractivity (Wildman–Crippen MR) is 103 cm³/mol. The van der Waals surface area contributed by atoms with Crippen LogP contribution in [0.5, 0.6) is 0 Å². The zero-order chi connectivity index (χ0) is 18.5. The molecule has 0 aliphatic rings. The Morgan fingerprint density at radius 3 is 2.69 bits per heavy atom. The monoisotopic (exact) mass is 369 g/mol. The van der Waals surface area contributed by atoms with Crippen molar-refractivity contribution >= 4 is 40.3 Å². The molecule has 0 bridgehead atoms. The Labute approximate surface area is 155 Å². The summed E-state index contributed by atoms with van der Waals surface area (Å²) < 4.78 is 10.7. The van der Waals surface area contributed by atoms with E-state index in [1.165, 1.54) is 0 Å². The van der Waals surface area contributed by atoms with E-state index < -0.39 is 5.97 Å². The Morgan fingerprint density at radius 1 is 1.12 bits per heavy atom. The molecule has 26 heavy (non-hydrogen) atoms. The minimum Gasteiger partial charge on any atom is -0.460 e. The van der Waals surface area contributed by atoms with Crippen molar-refractivity contribution in [2.24, 2.45) is 0 Å². The smallest absolute Gasteiger partial charge is 0.376 e. The second-order valence-corrected chi connectivity index (χ2v) is 6.78. The normalized spacial score (nSPS) is 10.7. The molecule has 0 aliphatic heterocycles. The molecule has 1 N–H and O–H groups in total. The molecule has 0 atom stereocenters. The zero-order valence-corrected chi connectivity index (χ0v) is 15.4. The molecule has 0 fully saturated rings.